The Morgan fingerprint density at radius 2 is 1.57 bits per heavy atom. The first-order valence-electron chi connectivity index (χ1n) is 16.1. The fourth-order valence-corrected chi connectivity index (χ4v) is 7.79. The summed E-state index contributed by atoms with van der Waals surface area (Å²) >= 11 is 3.15. The maximum atomic E-state index is 13.1. The second kappa shape index (κ2) is 16.3. The molecule has 5 aromatic rings. The SMILES string of the molecule is CC(=O)[C@@H](Cc1ccccc1)NC(=O)Nc1cccc(C2O[C@H](CSc3nnc(C)s3)[C@@H](c3ccccc3)[C@H](c3ccc(CO)cc3)O2)c1. The van der Waals surface area contributed by atoms with Crippen LogP contribution in [0.2, 0.25) is 0 Å². The van der Waals surface area contributed by atoms with Crippen LogP contribution < -0.4 is 10.6 Å². The zero-order valence-corrected chi connectivity index (χ0v) is 28.8. The highest BCUT2D eigenvalue weighted by atomic mass is 32.2. The molecule has 4 aromatic carbocycles. The number of carbonyl (C=O) groups excluding carboxylic acids is 2. The smallest absolute Gasteiger partial charge is 0.319 e. The minimum atomic E-state index is -0.753. The monoisotopic (exact) mass is 694 g/mol. The molecule has 6 rings (SSSR count). The molecule has 1 aliphatic heterocycles. The number of ether oxygens (including phenoxy) is 2. The summed E-state index contributed by atoms with van der Waals surface area (Å²) in [5.41, 5.74) is 5.08. The van der Waals surface area contributed by atoms with Crippen molar-refractivity contribution in [2.75, 3.05) is 11.1 Å². The number of nitrogens with zero attached hydrogens (tertiary/aromatic N) is 2. The third-order valence-electron chi connectivity index (χ3n) is 8.34. The number of amides is 2. The topological polar surface area (TPSA) is 123 Å². The lowest BCUT2D eigenvalue weighted by Crippen LogP contribution is -2.43. The maximum Gasteiger partial charge on any atom is 0.319 e. The number of Topliss-reactive ketones (excluding diaryl/α,β-unsaturated/α-hetero) is 1. The van der Waals surface area contributed by atoms with Gasteiger partial charge in [-0.25, -0.2) is 4.79 Å². The fourth-order valence-electron chi connectivity index (χ4n) is 5.88. The summed E-state index contributed by atoms with van der Waals surface area (Å²) < 4.78 is 14.5. The highest BCUT2D eigenvalue weighted by Gasteiger charge is 2.42. The van der Waals surface area contributed by atoms with E-state index in [9.17, 15) is 14.7 Å². The van der Waals surface area contributed by atoms with Gasteiger partial charge in [0, 0.05) is 22.9 Å². The molecule has 0 spiro atoms. The van der Waals surface area contributed by atoms with Gasteiger partial charge in [0.2, 0.25) is 0 Å². The molecule has 3 N–H and O–H groups in total. The number of aliphatic hydroxyl groups is 1. The van der Waals surface area contributed by atoms with Gasteiger partial charge in [0.1, 0.15) is 5.01 Å². The Bertz CT molecular complexity index is 1840. The average molecular weight is 695 g/mol. The van der Waals surface area contributed by atoms with Gasteiger partial charge in [-0.2, -0.15) is 0 Å². The van der Waals surface area contributed by atoms with Crippen LogP contribution in [0.1, 0.15) is 58.1 Å². The third-order valence-corrected chi connectivity index (χ3v) is 10.4. The molecule has 2 heterocycles. The molecule has 2 amide bonds. The minimum Gasteiger partial charge on any atom is -0.392 e. The Hall–Kier alpha value is -4.39. The number of hydrogen-bond acceptors (Lipinski definition) is 9. The van der Waals surface area contributed by atoms with Gasteiger partial charge in [-0.15, -0.1) is 10.2 Å². The van der Waals surface area contributed by atoms with E-state index in [0.29, 0.717) is 17.9 Å². The number of nitrogens with one attached hydrogen (secondary N) is 2. The molecule has 11 heteroatoms. The molecule has 252 valence electrons. The minimum absolute atomic E-state index is 0.0486. The summed E-state index contributed by atoms with van der Waals surface area (Å²) in [6.07, 6.45) is -1.03. The molecule has 0 radical (unpaired) electrons. The van der Waals surface area contributed by atoms with Gasteiger partial charge in [0.25, 0.3) is 0 Å². The third kappa shape index (κ3) is 9.00. The van der Waals surface area contributed by atoms with Crippen molar-refractivity contribution in [3.63, 3.8) is 0 Å². The van der Waals surface area contributed by atoms with Crippen molar-refractivity contribution in [2.45, 2.75) is 61.7 Å². The number of thioether (sulfide) groups is 1. The van der Waals surface area contributed by atoms with Gasteiger partial charge in [-0.3, -0.25) is 4.79 Å². The molecule has 5 atom stereocenters. The van der Waals surface area contributed by atoms with Crippen LogP contribution in [0.5, 0.6) is 0 Å². The average Bonchev–Trinajstić information content (AvgIpc) is 3.55. The normalized spacial score (nSPS) is 19.6. The molecule has 9 nitrogen and oxygen atoms in total. The summed E-state index contributed by atoms with van der Waals surface area (Å²) in [6.45, 7) is 3.36. The molecule has 1 aliphatic rings. The number of aromatic nitrogens is 2. The number of hydrogen-bond donors (Lipinski definition) is 3. The van der Waals surface area contributed by atoms with E-state index in [0.717, 1.165) is 37.2 Å². The fraction of sp³-hybridized carbons (Fsp3) is 0.263. The van der Waals surface area contributed by atoms with Crippen LogP contribution in [-0.2, 0) is 27.3 Å². The molecule has 1 saturated heterocycles. The molecule has 1 unspecified atom stereocenters. The van der Waals surface area contributed by atoms with Crippen molar-refractivity contribution in [3.05, 3.63) is 142 Å². The van der Waals surface area contributed by atoms with E-state index in [4.69, 9.17) is 9.47 Å². The van der Waals surface area contributed by atoms with Crippen LogP contribution in [0.25, 0.3) is 0 Å². The predicted octanol–water partition coefficient (Wildman–Crippen LogP) is 7.39. The van der Waals surface area contributed by atoms with Gasteiger partial charge < -0.3 is 25.2 Å². The number of urea groups is 1. The molecule has 1 aromatic heterocycles. The summed E-state index contributed by atoms with van der Waals surface area (Å²) in [6, 6.07) is 33.8. The van der Waals surface area contributed by atoms with Crippen LogP contribution in [0, 0.1) is 6.92 Å². The van der Waals surface area contributed by atoms with E-state index >= 15 is 0 Å². The van der Waals surface area contributed by atoms with Gasteiger partial charge >= 0.3 is 6.03 Å². The number of carbonyl (C=O) groups is 2. The van der Waals surface area contributed by atoms with Crippen molar-refractivity contribution in [3.8, 4) is 0 Å². The lowest BCUT2D eigenvalue weighted by Gasteiger charge is -2.43. The van der Waals surface area contributed by atoms with E-state index in [1.54, 1.807) is 29.2 Å². The Labute approximate surface area is 294 Å². The molecule has 0 bridgehead atoms. The first-order chi connectivity index (χ1) is 23.9. The van der Waals surface area contributed by atoms with Crippen molar-refractivity contribution in [1.29, 1.82) is 0 Å². The van der Waals surface area contributed by atoms with Gasteiger partial charge in [0.15, 0.2) is 16.4 Å². The second-order valence-electron chi connectivity index (χ2n) is 11.9. The summed E-state index contributed by atoms with van der Waals surface area (Å²) in [5.74, 6) is 0.322. The number of rotatable bonds is 12. The van der Waals surface area contributed by atoms with Gasteiger partial charge in [-0.1, -0.05) is 120 Å². The van der Waals surface area contributed by atoms with Crippen LogP contribution in [-0.4, -0.2) is 45.0 Å². The van der Waals surface area contributed by atoms with Gasteiger partial charge in [0.05, 0.1) is 24.9 Å². The van der Waals surface area contributed by atoms with Crippen LogP contribution in [0.15, 0.2) is 114 Å². The molecular formula is C38H38N4O5S2. The van der Waals surface area contributed by atoms with Crippen LogP contribution in [0.3, 0.4) is 0 Å². The van der Waals surface area contributed by atoms with Crippen LogP contribution >= 0.6 is 23.1 Å². The molecule has 1 fully saturated rings. The van der Waals surface area contributed by atoms with E-state index in [-0.39, 0.29) is 30.5 Å². The maximum absolute atomic E-state index is 13.1. The lowest BCUT2D eigenvalue weighted by molar-refractivity contribution is -0.255. The molecule has 0 aliphatic carbocycles. The summed E-state index contributed by atoms with van der Waals surface area (Å²) in [5, 5.41) is 24.8. The van der Waals surface area contributed by atoms with Crippen molar-refractivity contribution in [2.24, 2.45) is 0 Å². The van der Waals surface area contributed by atoms with Crippen molar-refractivity contribution in [1.82, 2.24) is 15.5 Å². The van der Waals surface area contributed by atoms with Crippen molar-refractivity contribution < 1.29 is 24.2 Å². The number of ketones is 1. The quantitative estimate of drug-likeness (QED) is 0.116. The zero-order valence-electron chi connectivity index (χ0n) is 27.2. The highest BCUT2D eigenvalue weighted by molar-refractivity contribution is 8.01. The van der Waals surface area contributed by atoms with Gasteiger partial charge in [-0.05, 0) is 54.7 Å². The van der Waals surface area contributed by atoms with E-state index in [1.165, 1.54) is 6.92 Å². The first kappa shape index (κ1) is 34.5. The number of aliphatic hydroxyl groups excluding tert-OH is 1. The van der Waals surface area contributed by atoms with E-state index < -0.39 is 18.4 Å². The molecular weight excluding hydrogens is 657 g/mol. The molecule has 0 saturated carbocycles. The zero-order chi connectivity index (χ0) is 34.2. The van der Waals surface area contributed by atoms with E-state index in [2.05, 4.69) is 33.0 Å². The lowest BCUT2D eigenvalue weighted by atomic mass is 9.84. The second-order valence-corrected chi connectivity index (χ2v) is 14.3. The standard InChI is InChI=1S/C38H38N4O5S2/c1-24(44)32(20-26-10-5-3-6-11-26)40-37(45)39-31-15-9-14-30(21-31)36-46-33(23-48-38-42-41-25(2)49-38)34(28-12-7-4-8-13-28)35(47-36)29-18-16-27(22-43)17-19-29/h3-19,21,32-36,43H,20,22-23H2,1-2H3,(H2,39,40,45)/t32-,33-,34-,35+,36?/m1/s1. The molecule has 49 heavy (non-hydrogen) atoms. The van der Waals surface area contributed by atoms with Crippen molar-refractivity contribution >= 4 is 40.6 Å². The Morgan fingerprint density at radius 3 is 2.24 bits per heavy atom. The van der Waals surface area contributed by atoms with E-state index in [1.807, 2.05) is 97.9 Å². The number of aryl methyl sites for hydroxylation is 1. The number of anilines is 1. The first-order valence-corrected chi connectivity index (χ1v) is 17.9. The summed E-state index contributed by atoms with van der Waals surface area (Å²) in [4.78, 5) is 25.5. The summed E-state index contributed by atoms with van der Waals surface area (Å²) in [7, 11) is 0. The predicted molar refractivity (Wildman–Crippen MR) is 192 cm³/mol. The van der Waals surface area contributed by atoms with Crippen LogP contribution in [0.4, 0.5) is 10.5 Å². The Kier molecular flexibility index (Phi) is 11.5. The highest BCUT2D eigenvalue weighted by Crippen LogP contribution is 2.48. The Balaban J connectivity index is 1.26. The number of benzene rings is 4. The Morgan fingerprint density at radius 1 is 0.857 bits per heavy atom. The largest absolute Gasteiger partial charge is 0.392 e.